The molecule has 0 radical (unpaired) electrons. The van der Waals surface area contributed by atoms with E-state index in [0.29, 0.717) is 40.8 Å². The van der Waals surface area contributed by atoms with Crippen LogP contribution in [0.1, 0.15) is 23.1 Å². The Balaban J connectivity index is 1.59. The monoisotopic (exact) mass is 438 g/mol. The first kappa shape index (κ1) is 15.7. The Labute approximate surface area is 153 Å². The van der Waals surface area contributed by atoms with Crippen LogP contribution >= 0.6 is 22.6 Å². The Bertz CT molecular complexity index is 781. The van der Waals surface area contributed by atoms with E-state index in [1.807, 2.05) is 59.0 Å². The van der Waals surface area contributed by atoms with Gasteiger partial charge in [0.1, 0.15) is 30.7 Å². The third-order valence-electron chi connectivity index (χ3n) is 4.45. The zero-order valence-corrected chi connectivity index (χ0v) is 15.1. The van der Waals surface area contributed by atoms with Crippen LogP contribution in [0.4, 0.5) is 4.39 Å². The van der Waals surface area contributed by atoms with E-state index in [1.165, 1.54) is 12.5 Å². The molecule has 24 heavy (non-hydrogen) atoms. The standard InChI is InChI=1S/C19H16FIO3/c20-17-15-11-19(23-8-9-24-19)7-6-14(15)10-16(18(17)21)22-12-13-4-2-1-3-5-13/h1-5,8-10H,6-7,11-12H2. The molecule has 2 aromatic rings. The smallest absolute Gasteiger partial charge is 0.254 e. The summed E-state index contributed by atoms with van der Waals surface area (Å²) in [6.07, 6.45) is 4.88. The van der Waals surface area contributed by atoms with Gasteiger partial charge in [0.15, 0.2) is 0 Å². The van der Waals surface area contributed by atoms with Gasteiger partial charge >= 0.3 is 0 Å². The fraction of sp³-hybridized carbons (Fsp3) is 0.263. The summed E-state index contributed by atoms with van der Waals surface area (Å²) in [4.78, 5) is 0. The van der Waals surface area contributed by atoms with Crippen molar-refractivity contribution < 1.29 is 18.6 Å². The van der Waals surface area contributed by atoms with E-state index < -0.39 is 5.79 Å². The maximum atomic E-state index is 14.9. The Morgan fingerprint density at radius 1 is 1.17 bits per heavy atom. The molecular weight excluding hydrogens is 422 g/mol. The van der Waals surface area contributed by atoms with E-state index in [1.54, 1.807) is 0 Å². The van der Waals surface area contributed by atoms with Crippen LogP contribution in [-0.4, -0.2) is 5.79 Å². The summed E-state index contributed by atoms with van der Waals surface area (Å²) in [5.41, 5.74) is 2.70. The third-order valence-corrected chi connectivity index (χ3v) is 5.45. The molecular formula is C19H16FIO3. The van der Waals surface area contributed by atoms with Gasteiger partial charge in [0.25, 0.3) is 5.79 Å². The lowest BCUT2D eigenvalue weighted by molar-refractivity contribution is -0.149. The van der Waals surface area contributed by atoms with Crippen molar-refractivity contribution in [2.45, 2.75) is 31.7 Å². The highest BCUT2D eigenvalue weighted by Gasteiger charge is 2.41. The van der Waals surface area contributed by atoms with Crippen LogP contribution in [0.3, 0.4) is 0 Å². The van der Waals surface area contributed by atoms with Crippen molar-refractivity contribution in [3.8, 4) is 5.75 Å². The Hall–Kier alpha value is -1.76. The summed E-state index contributed by atoms with van der Waals surface area (Å²) in [6, 6.07) is 11.8. The third kappa shape index (κ3) is 2.85. The van der Waals surface area contributed by atoms with Crippen LogP contribution in [0, 0.1) is 9.39 Å². The quantitative estimate of drug-likeness (QED) is 0.650. The topological polar surface area (TPSA) is 27.7 Å². The normalized spacial score (nSPS) is 17.2. The molecule has 0 fully saturated rings. The number of ether oxygens (including phenoxy) is 3. The number of aryl methyl sites for hydroxylation is 1. The second kappa shape index (κ2) is 6.27. The van der Waals surface area contributed by atoms with Crippen molar-refractivity contribution in [3.63, 3.8) is 0 Å². The van der Waals surface area contributed by atoms with Gasteiger partial charge in [-0.25, -0.2) is 4.39 Å². The highest BCUT2D eigenvalue weighted by Crippen LogP contribution is 2.40. The number of hydrogen-bond acceptors (Lipinski definition) is 3. The van der Waals surface area contributed by atoms with Gasteiger partial charge in [-0.05, 0) is 46.2 Å². The van der Waals surface area contributed by atoms with Crippen molar-refractivity contribution in [1.82, 2.24) is 0 Å². The zero-order chi connectivity index (χ0) is 16.6. The minimum absolute atomic E-state index is 0.227. The average molecular weight is 438 g/mol. The van der Waals surface area contributed by atoms with Gasteiger partial charge in [-0.2, -0.15) is 0 Å². The SMILES string of the molecule is Fc1c(I)c(OCc2ccccc2)cc2c1CC1(CC2)OC=CO1. The maximum Gasteiger partial charge on any atom is 0.254 e. The molecule has 5 heteroatoms. The summed E-state index contributed by atoms with van der Waals surface area (Å²) in [6.45, 7) is 0.426. The number of halogens is 2. The largest absolute Gasteiger partial charge is 0.488 e. The van der Waals surface area contributed by atoms with Gasteiger partial charge in [-0.15, -0.1) is 0 Å². The van der Waals surface area contributed by atoms with E-state index in [4.69, 9.17) is 14.2 Å². The van der Waals surface area contributed by atoms with Gasteiger partial charge in [-0.1, -0.05) is 30.3 Å². The van der Waals surface area contributed by atoms with Gasteiger partial charge < -0.3 is 14.2 Å². The molecule has 124 valence electrons. The first-order chi connectivity index (χ1) is 11.7. The van der Waals surface area contributed by atoms with E-state index in [2.05, 4.69) is 0 Å². The first-order valence-electron chi connectivity index (χ1n) is 7.84. The minimum atomic E-state index is -0.733. The predicted octanol–water partition coefficient (Wildman–Crippen LogP) is 4.71. The average Bonchev–Trinajstić information content (AvgIpc) is 3.06. The van der Waals surface area contributed by atoms with Crippen LogP contribution in [-0.2, 0) is 28.9 Å². The van der Waals surface area contributed by atoms with E-state index in [9.17, 15) is 4.39 Å². The van der Waals surface area contributed by atoms with Crippen LogP contribution in [0.15, 0.2) is 48.9 Å². The van der Waals surface area contributed by atoms with Crippen LogP contribution < -0.4 is 4.74 Å². The number of fused-ring (bicyclic) bond motifs is 1. The maximum absolute atomic E-state index is 14.9. The minimum Gasteiger partial charge on any atom is -0.488 e. The highest BCUT2D eigenvalue weighted by molar-refractivity contribution is 14.1. The molecule has 2 aromatic carbocycles. The van der Waals surface area contributed by atoms with E-state index in [0.717, 1.165) is 11.1 Å². The number of benzene rings is 2. The number of rotatable bonds is 3. The van der Waals surface area contributed by atoms with Crippen molar-refractivity contribution in [2.75, 3.05) is 0 Å². The summed E-state index contributed by atoms with van der Waals surface area (Å²) >= 11 is 2.01. The molecule has 0 saturated heterocycles. The van der Waals surface area contributed by atoms with Gasteiger partial charge in [-0.3, -0.25) is 0 Å². The molecule has 0 aromatic heterocycles. The molecule has 4 rings (SSSR count). The summed E-state index contributed by atoms with van der Waals surface area (Å²) < 4.78 is 32.4. The molecule has 0 bridgehead atoms. The van der Waals surface area contributed by atoms with Crippen molar-refractivity contribution in [3.05, 3.63) is 75.0 Å². The molecule has 1 aliphatic heterocycles. The summed E-state index contributed by atoms with van der Waals surface area (Å²) in [5, 5.41) is 0. The van der Waals surface area contributed by atoms with E-state index in [-0.39, 0.29) is 5.82 Å². The molecule has 1 aliphatic carbocycles. The van der Waals surface area contributed by atoms with Crippen LogP contribution in [0.2, 0.25) is 0 Å². The predicted molar refractivity (Wildman–Crippen MR) is 96.0 cm³/mol. The molecule has 0 N–H and O–H groups in total. The second-order valence-electron chi connectivity index (χ2n) is 6.01. The number of hydrogen-bond donors (Lipinski definition) is 0. The van der Waals surface area contributed by atoms with E-state index >= 15 is 0 Å². The van der Waals surface area contributed by atoms with Crippen LogP contribution in [0.5, 0.6) is 5.75 Å². The van der Waals surface area contributed by atoms with Crippen molar-refractivity contribution in [2.24, 2.45) is 0 Å². The second-order valence-corrected chi connectivity index (χ2v) is 7.09. The van der Waals surface area contributed by atoms with Crippen molar-refractivity contribution >= 4 is 22.6 Å². The fourth-order valence-corrected chi connectivity index (χ4v) is 3.80. The Morgan fingerprint density at radius 2 is 1.92 bits per heavy atom. The molecule has 1 spiro atoms. The molecule has 3 nitrogen and oxygen atoms in total. The highest BCUT2D eigenvalue weighted by atomic mass is 127. The van der Waals surface area contributed by atoms with Crippen molar-refractivity contribution in [1.29, 1.82) is 0 Å². The van der Waals surface area contributed by atoms with Gasteiger partial charge in [0.2, 0.25) is 0 Å². The molecule has 0 unspecified atom stereocenters. The lowest BCUT2D eigenvalue weighted by atomic mass is 9.86. The fourth-order valence-electron chi connectivity index (χ4n) is 3.16. The molecule has 0 amide bonds. The lowest BCUT2D eigenvalue weighted by Crippen LogP contribution is -2.37. The molecule has 0 atom stereocenters. The lowest BCUT2D eigenvalue weighted by Gasteiger charge is -2.33. The molecule has 0 saturated carbocycles. The Kier molecular flexibility index (Phi) is 4.12. The Morgan fingerprint density at radius 3 is 2.67 bits per heavy atom. The first-order valence-corrected chi connectivity index (χ1v) is 8.92. The zero-order valence-electron chi connectivity index (χ0n) is 12.9. The summed E-state index contributed by atoms with van der Waals surface area (Å²) in [5.74, 6) is -0.365. The molecule has 2 aliphatic rings. The van der Waals surface area contributed by atoms with Gasteiger partial charge in [0, 0.05) is 12.0 Å². The van der Waals surface area contributed by atoms with Crippen LogP contribution in [0.25, 0.3) is 0 Å². The summed E-state index contributed by atoms with van der Waals surface area (Å²) in [7, 11) is 0. The molecule has 1 heterocycles. The van der Waals surface area contributed by atoms with Gasteiger partial charge in [0.05, 0.1) is 9.99 Å².